The third-order valence-corrected chi connectivity index (χ3v) is 5.42. The molecule has 0 unspecified atom stereocenters. The second-order valence-electron chi connectivity index (χ2n) is 6.67. The van der Waals surface area contributed by atoms with E-state index in [0.717, 1.165) is 5.56 Å². The first kappa shape index (κ1) is 17.5. The Bertz CT molecular complexity index is 678. The Morgan fingerprint density at radius 3 is 2.44 bits per heavy atom. The summed E-state index contributed by atoms with van der Waals surface area (Å²) in [5.41, 5.74) is 0.332. The lowest BCUT2D eigenvalue weighted by Gasteiger charge is -2.33. The summed E-state index contributed by atoms with van der Waals surface area (Å²) < 4.78 is 16.1. The van der Waals surface area contributed by atoms with Gasteiger partial charge in [-0.05, 0) is 25.5 Å². The zero-order chi connectivity index (χ0) is 18.2. The Kier molecular flexibility index (Phi) is 4.60. The number of fused-ring (bicyclic) bond motifs is 1. The lowest BCUT2D eigenvalue weighted by molar-refractivity contribution is -0.157. The van der Waals surface area contributed by atoms with Crippen molar-refractivity contribution < 1.29 is 28.9 Å². The fourth-order valence-electron chi connectivity index (χ4n) is 3.85. The van der Waals surface area contributed by atoms with Crippen molar-refractivity contribution in [2.75, 3.05) is 40.5 Å². The van der Waals surface area contributed by atoms with Gasteiger partial charge in [-0.1, -0.05) is 0 Å². The molecule has 0 saturated carbocycles. The molecule has 2 aliphatic heterocycles. The molecule has 2 atom stereocenters. The Morgan fingerprint density at radius 1 is 1.28 bits per heavy atom. The Morgan fingerprint density at radius 2 is 1.92 bits per heavy atom. The van der Waals surface area contributed by atoms with Crippen LogP contribution in [0.5, 0.6) is 11.5 Å². The Balaban J connectivity index is 1.91. The fourth-order valence-corrected chi connectivity index (χ4v) is 3.85. The van der Waals surface area contributed by atoms with Gasteiger partial charge >= 0.3 is 5.97 Å². The molecule has 136 valence electrons. The maximum atomic E-state index is 13.0. The first-order valence-corrected chi connectivity index (χ1v) is 8.26. The number of rotatable bonds is 4. The first-order chi connectivity index (χ1) is 11.9. The summed E-state index contributed by atoms with van der Waals surface area (Å²) in [5, 5.41) is 9.74. The van der Waals surface area contributed by atoms with Crippen molar-refractivity contribution in [1.82, 2.24) is 4.90 Å². The molecule has 7 nitrogen and oxygen atoms in total. The highest BCUT2D eigenvalue weighted by Gasteiger charge is 2.55. The van der Waals surface area contributed by atoms with E-state index in [0.29, 0.717) is 43.2 Å². The average Bonchev–Trinajstić information content (AvgIpc) is 3.02. The maximum absolute atomic E-state index is 13.0. The van der Waals surface area contributed by atoms with Gasteiger partial charge < -0.3 is 24.2 Å². The normalized spacial score (nSPS) is 25.4. The molecular formula is C18H23NO6. The molecule has 2 saturated heterocycles. The largest absolute Gasteiger partial charge is 0.496 e. The van der Waals surface area contributed by atoms with Crippen molar-refractivity contribution in [2.24, 2.45) is 11.3 Å². The van der Waals surface area contributed by atoms with E-state index in [2.05, 4.69) is 0 Å². The van der Waals surface area contributed by atoms with Gasteiger partial charge in [0.05, 0.1) is 26.2 Å². The Hall–Kier alpha value is -2.28. The highest BCUT2D eigenvalue weighted by atomic mass is 16.5. The van der Waals surface area contributed by atoms with E-state index in [4.69, 9.17) is 14.2 Å². The lowest BCUT2D eigenvalue weighted by atomic mass is 9.74. The SMILES string of the molecule is COc1cc(C(=O)N2C[C@H]3COCC[C@@]3(C(=O)O)C2)cc(OC)c1C. The summed E-state index contributed by atoms with van der Waals surface area (Å²) in [6.07, 6.45) is 0.428. The average molecular weight is 349 g/mol. The number of carboxylic acid groups (broad SMARTS) is 1. The molecule has 3 rings (SSSR count). The van der Waals surface area contributed by atoms with Crippen LogP contribution in [0.3, 0.4) is 0 Å². The molecule has 1 aromatic rings. The van der Waals surface area contributed by atoms with E-state index in [-0.39, 0.29) is 18.4 Å². The second kappa shape index (κ2) is 6.55. The third-order valence-electron chi connectivity index (χ3n) is 5.42. The molecular weight excluding hydrogens is 326 g/mol. The highest BCUT2D eigenvalue weighted by molar-refractivity contribution is 5.96. The van der Waals surface area contributed by atoms with Gasteiger partial charge in [-0.15, -0.1) is 0 Å². The second-order valence-corrected chi connectivity index (χ2v) is 6.67. The number of ether oxygens (including phenoxy) is 3. The van der Waals surface area contributed by atoms with E-state index in [1.54, 1.807) is 17.0 Å². The van der Waals surface area contributed by atoms with Crippen LogP contribution in [0, 0.1) is 18.3 Å². The number of likely N-dealkylation sites (tertiary alicyclic amines) is 1. The smallest absolute Gasteiger partial charge is 0.311 e. The molecule has 25 heavy (non-hydrogen) atoms. The zero-order valence-electron chi connectivity index (χ0n) is 14.7. The van der Waals surface area contributed by atoms with Crippen molar-refractivity contribution >= 4 is 11.9 Å². The number of aliphatic carboxylic acids is 1. The van der Waals surface area contributed by atoms with Crippen LogP contribution in [0.4, 0.5) is 0 Å². The summed E-state index contributed by atoms with van der Waals surface area (Å²) in [7, 11) is 3.08. The molecule has 7 heteroatoms. The van der Waals surface area contributed by atoms with Gasteiger partial charge in [-0.2, -0.15) is 0 Å². The minimum atomic E-state index is -0.910. The van der Waals surface area contributed by atoms with E-state index >= 15 is 0 Å². The van der Waals surface area contributed by atoms with Crippen LogP contribution in [-0.4, -0.2) is 62.4 Å². The summed E-state index contributed by atoms with van der Waals surface area (Å²) in [6, 6.07) is 3.35. The number of hydrogen-bond donors (Lipinski definition) is 1. The molecule has 0 spiro atoms. The maximum Gasteiger partial charge on any atom is 0.311 e. The molecule has 2 aliphatic rings. The summed E-state index contributed by atoms with van der Waals surface area (Å²) in [4.78, 5) is 26.5. The molecule has 1 N–H and O–H groups in total. The Labute approximate surface area is 146 Å². The van der Waals surface area contributed by atoms with Crippen LogP contribution < -0.4 is 9.47 Å². The number of carboxylic acids is 1. The molecule has 0 aromatic heterocycles. The highest BCUT2D eigenvalue weighted by Crippen LogP contribution is 2.43. The van der Waals surface area contributed by atoms with Gasteiger partial charge in [0.15, 0.2) is 0 Å². The zero-order valence-corrected chi connectivity index (χ0v) is 14.7. The molecule has 2 heterocycles. The number of hydrogen-bond acceptors (Lipinski definition) is 5. The van der Waals surface area contributed by atoms with Crippen molar-refractivity contribution in [3.63, 3.8) is 0 Å². The van der Waals surface area contributed by atoms with Crippen LogP contribution in [0.15, 0.2) is 12.1 Å². The van der Waals surface area contributed by atoms with Crippen LogP contribution >= 0.6 is 0 Å². The van der Waals surface area contributed by atoms with Gasteiger partial charge in [-0.3, -0.25) is 9.59 Å². The topological polar surface area (TPSA) is 85.3 Å². The van der Waals surface area contributed by atoms with Crippen molar-refractivity contribution in [2.45, 2.75) is 13.3 Å². The fraction of sp³-hybridized carbons (Fsp3) is 0.556. The quantitative estimate of drug-likeness (QED) is 0.888. The van der Waals surface area contributed by atoms with Crippen LogP contribution in [-0.2, 0) is 9.53 Å². The first-order valence-electron chi connectivity index (χ1n) is 8.26. The van der Waals surface area contributed by atoms with E-state index < -0.39 is 11.4 Å². The van der Waals surface area contributed by atoms with Crippen LogP contribution in [0.2, 0.25) is 0 Å². The van der Waals surface area contributed by atoms with Gasteiger partial charge in [0, 0.05) is 36.7 Å². The summed E-state index contributed by atoms with van der Waals surface area (Å²) >= 11 is 0. The van der Waals surface area contributed by atoms with E-state index in [1.165, 1.54) is 14.2 Å². The monoisotopic (exact) mass is 349 g/mol. The third kappa shape index (κ3) is 2.82. The molecule has 0 bridgehead atoms. The summed E-state index contributed by atoms with van der Waals surface area (Å²) in [6.45, 7) is 3.22. The number of nitrogens with zero attached hydrogens (tertiary/aromatic N) is 1. The van der Waals surface area contributed by atoms with Gasteiger partial charge in [0.2, 0.25) is 0 Å². The minimum Gasteiger partial charge on any atom is -0.496 e. The number of amides is 1. The molecule has 1 aromatic carbocycles. The van der Waals surface area contributed by atoms with Crippen LogP contribution in [0.25, 0.3) is 0 Å². The standard InChI is InChI=1S/C18H23NO6/c1-11-14(23-2)6-12(7-15(11)24-3)16(20)19-8-13-9-25-5-4-18(13,10-19)17(21)22/h6-7,13H,4-5,8-10H2,1-3H3,(H,21,22)/t13-,18+/m0/s1. The molecule has 0 aliphatic carbocycles. The number of methoxy groups -OCH3 is 2. The van der Waals surface area contributed by atoms with Gasteiger partial charge in [0.1, 0.15) is 11.5 Å². The number of carbonyl (C=O) groups excluding carboxylic acids is 1. The van der Waals surface area contributed by atoms with Gasteiger partial charge in [0.25, 0.3) is 5.91 Å². The van der Waals surface area contributed by atoms with Crippen molar-refractivity contribution in [1.29, 1.82) is 0 Å². The predicted octanol–water partition coefficient (Wildman–Crippen LogP) is 1.58. The molecule has 1 amide bonds. The molecule has 0 radical (unpaired) electrons. The van der Waals surface area contributed by atoms with Gasteiger partial charge in [-0.25, -0.2) is 0 Å². The van der Waals surface area contributed by atoms with E-state index in [9.17, 15) is 14.7 Å². The summed E-state index contributed by atoms with van der Waals surface area (Å²) in [5.74, 6) is -0.120. The van der Waals surface area contributed by atoms with Crippen molar-refractivity contribution in [3.8, 4) is 11.5 Å². The molecule has 2 fully saturated rings. The van der Waals surface area contributed by atoms with Crippen molar-refractivity contribution in [3.05, 3.63) is 23.3 Å². The number of carbonyl (C=O) groups is 2. The van der Waals surface area contributed by atoms with E-state index in [1.807, 2.05) is 6.92 Å². The van der Waals surface area contributed by atoms with Crippen LogP contribution in [0.1, 0.15) is 22.3 Å². The number of benzene rings is 1. The minimum absolute atomic E-state index is 0.183. The predicted molar refractivity (Wildman–Crippen MR) is 89.2 cm³/mol. The lowest BCUT2D eigenvalue weighted by Crippen LogP contribution is -2.45.